The molecule has 0 saturated carbocycles. The predicted molar refractivity (Wildman–Crippen MR) is 141 cm³/mol. The number of aromatic nitrogens is 1. The Morgan fingerprint density at radius 2 is 2.15 bits per heavy atom. The molecule has 1 aliphatic rings. The Bertz CT molecular complexity index is 885. The molecule has 7 nitrogen and oxygen atoms in total. The number of morpholine rings is 1. The van der Waals surface area contributed by atoms with Crippen molar-refractivity contribution in [2.75, 3.05) is 37.7 Å². The Balaban J connectivity index is 0.00000385. The van der Waals surface area contributed by atoms with E-state index in [1.54, 1.807) is 12.1 Å². The lowest BCUT2D eigenvalue weighted by molar-refractivity contribution is 0.0529. The summed E-state index contributed by atoms with van der Waals surface area (Å²) in [5.41, 5.74) is 1.09. The number of aliphatic imine (C=N–C) groups is 1. The number of benzene rings is 1. The molecule has 9 heteroatoms. The van der Waals surface area contributed by atoms with Gasteiger partial charge in [0.2, 0.25) is 0 Å². The summed E-state index contributed by atoms with van der Waals surface area (Å²) in [5, 5.41) is 6.61. The van der Waals surface area contributed by atoms with Gasteiger partial charge in [-0.25, -0.2) is 14.4 Å². The second-order valence-electron chi connectivity index (χ2n) is 7.83. The summed E-state index contributed by atoms with van der Waals surface area (Å²) >= 11 is 0. The highest BCUT2D eigenvalue weighted by Crippen LogP contribution is 2.17. The molecule has 0 amide bonds. The molecule has 2 heterocycles. The minimum atomic E-state index is -0.302. The van der Waals surface area contributed by atoms with E-state index in [0.717, 1.165) is 44.0 Å². The third kappa shape index (κ3) is 8.96. The van der Waals surface area contributed by atoms with Gasteiger partial charge in [0.05, 0.1) is 25.8 Å². The fourth-order valence-electron chi connectivity index (χ4n) is 3.48. The molecule has 0 spiro atoms. The van der Waals surface area contributed by atoms with Gasteiger partial charge in [0.1, 0.15) is 23.5 Å². The van der Waals surface area contributed by atoms with Crippen LogP contribution in [0.1, 0.15) is 32.8 Å². The molecular formula is C24H35FIN5O2. The molecular weight excluding hydrogens is 536 g/mol. The van der Waals surface area contributed by atoms with Crippen molar-refractivity contribution in [3.05, 3.63) is 54.0 Å². The molecule has 1 aliphatic heterocycles. The maximum atomic E-state index is 13.4. The lowest BCUT2D eigenvalue weighted by Crippen LogP contribution is -2.42. The van der Waals surface area contributed by atoms with Crippen LogP contribution in [0.25, 0.3) is 0 Å². The van der Waals surface area contributed by atoms with Crippen LogP contribution in [-0.2, 0) is 11.3 Å². The van der Waals surface area contributed by atoms with Crippen LogP contribution in [0.2, 0.25) is 0 Å². The molecule has 0 radical (unpaired) electrons. The number of anilines is 1. The van der Waals surface area contributed by atoms with Crippen LogP contribution in [0.4, 0.5) is 10.2 Å². The summed E-state index contributed by atoms with van der Waals surface area (Å²) < 4.78 is 25.0. The summed E-state index contributed by atoms with van der Waals surface area (Å²) in [6, 6.07) is 10.3. The first-order valence-corrected chi connectivity index (χ1v) is 11.3. The number of rotatable bonds is 9. The zero-order chi connectivity index (χ0) is 22.8. The number of pyridine rings is 1. The SMILES string of the molecule is CCNC(=NCc1ccnc(N2CCOC(C)C2)c1)NCC(CC)Oc1cccc(F)c1.I. The summed E-state index contributed by atoms with van der Waals surface area (Å²) in [5.74, 6) is 1.90. The van der Waals surface area contributed by atoms with E-state index in [4.69, 9.17) is 14.5 Å². The lowest BCUT2D eigenvalue weighted by Gasteiger charge is -2.32. The Hall–Kier alpha value is -2.14. The maximum absolute atomic E-state index is 13.4. The van der Waals surface area contributed by atoms with Crippen molar-refractivity contribution in [1.82, 2.24) is 15.6 Å². The van der Waals surface area contributed by atoms with Crippen LogP contribution in [0.15, 0.2) is 47.6 Å². The van der Waals surface area contributed by atoms with Gasteiger partial charge in [0.25, 0.3) is 0 Å². The Morgan fingerprint density at radius 1 is 1.30 bits per heavy atom. The van der Waals surface area contributed by atoms with Crippen LogP contribution >= 0.6 is 24.0 Å². The van der Waals surface area contributed by atoms with Gasteiger partial charge in [-0.3, -0.25) is 0 Å². The molecule has 3 rings (SSSR count). The average Bonchev–Trinajstić information content (AvgIpc) is 2.80. The molecule has 1 aromatic heterocycles. The van der Waals surface area contributed by atoms with Crippen molar-refractivity contribution in [3.63, 3.8) is 0 Å². The van der Waals surface area contributed by atoms with Gasteiger partial charge in [-0.05, 0) is 50.1 Å². The quantitative estimate of drug-likeness (QED) is 0.270. The van der Waals surface area contributed by atoms with E-state index in [1.807, 2.05) is 26.1 Å². The van der Waals surface area contributed by atoms with Crippen molar-refractivity contribution in [2.24, 2.45) is 4.99 Å². The largest absolute Gasteiger partial charge is 0.489 e. The Kier molecular flexibility index (Phi) is 11.7. The van der Waals surface area contributed by atoms with Gasteiger partial charge in [0, 0.05) is 31.9 Å². The first-order valence-electron chi connectivity index (χ1n) is 11.3. The Morgan fingerprint density at radius 3 is 2.88 bits per heavy atom. The Labute approximate surface area is 213 Å². The fraction of sp³-hybridized carbons (Fsp3) is 0.500. The number of hydrogen-bond donors (Lipinski definition) is 2. The summed E-state index contributed by atoms with van der Waals surface area (Å²) in [6.45, 7) is 10.4. The average molecular weight is 571 g/mol. The molecule has 0 bridgehead atoms. The number of ether oxygens (including phenoxy) is 2. The van der Waals surface area contributed by atoms with Crippen LogP contribution in [0.5, 0.6) is 5.75 Å². The molecule has 1 fully saturated rings. The second kappa shape index (κ2) is 14.2. The third-order valence-electron chi connectivity index (χ3n) is 5.19. The first-order chi connectivity index (χ1) is 15.6. The van der Waals surface area contributed by atoms with Crippen molar-refractivity contribution >= 4 is 35.8 Å². The molecule has 1 saturated heterocycles. The van der Waals surface area contributed by atoms with E-state index >= 15 is 0 Å². The highest BCUT2D eigenvalue weighted by molar-refractivity contribution is 14.0. The van der Waals surface area contributed by atoms with Gasteiger partial charge in [-0.1, -0.05) is 13.0 Å². The van der Waals surface area contributed by atoms with Crippen LogP contribution in [-0.4, -0.2) is 55.9 Å². The molecule has 2 unspecified atom stereocenters. The lowest BCUT2D eigenvalue weighted by atomic mass is 10.2. The topological polar surface area (TPSA) is 71.0 Å². The van der Waals surface area contributed by atoms with Crippen molar-refractivity contribution < 1.29 is 13.9 Å². The minimum Gasteiger partial charge on any atom is -0.489 e. The van der Waals surface area contributed by atoms with E-state index in [1.165, 1.54) is 12.1 Å². The summed E-state index contributed by atoms with van der Waals surface area (Å²) in [4.78, 5) is 11.5. The summed E-state index contributed by atoms with van der Waals surface area (Å²) in [7, 11) is 0. The highest BCUT2D eigenvalue weighted by atomic mass is 127. The zero-order valence-corrected chi connectivity index (χ0v) is 21.9. The normalized spacial score (nSPS) is 17.2. The van der Waals surface area contributed by atoms with Crippen LogP contribution < -0.4 is 20.3 Å². The highest BCUT2D eigenvalue weighted by Gasteiger charge is 2.18. The zero-order valence-electron chi connectivity index (χ0n) is 19.6. The van der Waals surface area contributed by atoms with Crippen molar-refractivity contribution in [1.29, 1.82) is 0 Å². The third-order valence-corrected chi connectivity index (χ3v) is 5.19. The van der Waals surface area contributed by atoms with Gasteiger partial charge in [0.15, 0.2) is 5.96 Å². The standard InChI is InChI=1S/C24H34FN5O2.HI/c1-4-21(32-22-8-6-7-20(25)14-22)16-29-24(26-5-2)28-15-19-9-10-27-23(13-19)30-11-12-31-18(3)17-30;/h6-10,13-14,18,21H,4-5,11-12,15-17H2,1-3H3,(H2,26,28,29);1H. The van der Waals surface area contributed by atoms with Gasteiger partial charge in [-0.2, -0.15) is 0 Å². The van der Waals surface area contributed by atoms with Crippen LogP contribution in [0, 0.1) is 5.82 Å². The number of nitrogens with one attached hydrogen (secondary N) is 2. The van der Waals surface area contributed by atoms with Crippen molar-refractivity contribution in [3.8, 4) is 5.75 Å². The number of hydrogen-bond acceptors (Lipinski definition) is 5. The van der Waals surface area contributed by atoms with Crippen molar-refractivity contribution in [2.45, 2.75) is 45.9 Å². The molecule has 1 aromatic carbocycles. The van der Waals surface area contributed by atoms with E-state index in [0.29, 0.717) is 24.8 Å². The predicted octanol–water partition coefficient (Wildman–Crippen LogP) is 3.98. The van der Waals surface area contributed by atoms with E-state index in [9.17, 15) is 4.39 Å². The molecule has 2 atom stereocenters. The maximum Gasteiger partial charge on any atom is 0.191 e. The number of nitrogens with zero attached hydrogens (tertiary/aromatic N) is 3. The van der Waals surface area contributed by atoms with E-state index in [-0.39, 0.29) is 42.0 Å². The molecule has 182 valence electrons. The van der Waals surface area contributed by atoms with Gasteiger partial charge in [-0.15, -0.1) is 24.0 Å². The van der Waals surface area contributed by atoms with E-state index in [2.05, 4.69) is 33.5 Å². The van der Waals surface area contributed by atoms with Gasteiger partial charge >= 0.3 is 0 Å². The molecule has 2 N–H and O–H groups in total. The second-order valence-corrected chi connectivity index (χ2v) is 7.83. The van der Waals surface area contributed by atoms with E-state index < -0.39 is 0 Å². The molecule has 0 aliphatic carbocycles. The summed E-state index contributed by atoms with van der Waals surface area (Å²) in [6.07, 6.45) is 2.73. The minimum absolute atomic E-state index is 0. The smallest absolute Gasteiger partial charge is 0.191 e. The van der Waals surface area contributed by atoms with Gasteiger partial charge < -0.3 is 25.0 Å². The van der Waals surface area contributed by atoms with Crippen LogP contribution in [0.3, 0.4) is 0 Å². The number of guanidine groups is 1. The number of halogens is 2. The molecule has 33 heavy (non-hydrogen) atoms. The monoisotopic (exact) mass is 571 g/mol. The first kappa shape index (κ1) is 27.1. The molecule has 2 aromatic rings. The fourth-order valence-corrected chi connectivity index (χ4v) is 3.48.